The molecule has 2 amide bonds. The van der Waals surface area contributed by atoms with E-state index in [4.69, 9.17) is 10.6 Å². The highest BCUT2D eigenvalue weighted by Gasteiger charge is 2.54. The molecular weight excluding hydrogens is 498 g/mol. The van der Waals surface area contributed by atoms with E-state index in [1.54, 1.807) is 32.2 Å². The molecule has 0 bridgehead atoms. The lowest BCUT2D eigenvalue weighted by atomic mass is 10.0. The summed E-state index contributed by atoms with van der Waals surface area (Å²) in [7, 11) is 1.68. The maximum atomic E-state index is 13.0. The van der Waals surface area contributed by atoms with Crippen molar-refractivity contribution >= 4 is 52.8 Å². The van der Waals surface area contributed by atoms with E-state index in [0.717, 1.165) is 0 Å². The number of anilines is 1. The number of carbonyl (C=O) groups excluding carboxylic acids is 2. The Hall–Kier alpha value is -3.66. The number of amides is 2. The Morgan fingerprint density at radius 1 is 1.43 bits per heavy atom. The van der Waals surface area contributed by atoms with Crippen LogP contribution < -0.4 is 11.1 Å². The van der Waals surface area contributed by atoms with Gasteiger partial charge in [-0.1, -0.05) is 23.0 Å². The minimum absolute atomic E-state index is 0.0902. The number of oxime groups is 1. The molecule has 0 aromatic carbocycles. The van der Waals surface area contributed by atoms with Crippen LogP contribution in [0.25, 0.3) is 0 Å². The number of nitrogen functional groups attached to an aromatic ring is 1. The molecule has 184 valence electrons. The predicted octanol–water partition coefficient (Wildman–Crippen LogP) is -0.541. The summed E-state index contributed by atoms with van der Waals surface area (Å²) in [6.07, 6.45) is 0. The maximum Gasteiger partial charge on any atom is 0.352 e. The fourth-order valence-electron chi connectivity index (χ4n) is 3.42. The Kier molecular flexibility index (Phi) is 7.20. The number of nitrogens with one attached hydrogen (secondary N) is 1. The minimum atomic E-state index is -1.22. The number of nitrogens with two attached hydrogens (primary N) is 1. The predicted molar refractivity (Wildman–Crippen MR) is 126 cm³/mol. The Morgan fingerprint density at radius 2 is 2.23 bits per heavy atom. The van der Waals surface area contributed by atoms with Gasteiger partial charge in [-0.2, -0.15) is 0 Å². The largest absolute Gasteiger partial charge is 0.477 e. The molecule has 2 aliphatic heterocycles. The molecule has 2 atom stereocenters. The third-order valence-electron chi connectivity index (χ3n) is 5.01. The first-order valence-electron chi connectivity index (χ1n) is 10.3. The van der Waals surface area contributed by atoms with E-state index >= 15 is 0 Å². The van der Waals surface area contributed by atoms with E-state index in [0.29, 0.717) is 22.2 Å². The SMILES string of the molecule is CCO/N=C(/C(=O)NC1C(=O)N2C(C(=O)O)=C(CSc3nnnn3C)CSC12)c1cccc(N)n1. The van der Waals surface area contributed by atoms with Crippen molar-refractivity contribution in [3.63, 3.8) is 0 Å². The van der Waals surface area contributed by atoms with Gasteiger partial charge in [0.2, 0.25) is 5.16 Å². The third kappa shape index (κ3) is 4.93. The minimum Gasteiger partial charge on any atom is -0.477 e. The highest BCUT2D eigenvalue weighted by molar-refractivity contribution is 8.01. The lowest BCUT2D eigenvalue weighted by molar-refractivity contribution is -0.150. The van der Waals surface area contributed by atoms with Gasteiger partial charge in [0, 0.05) is 18.6 Å². The van der Waals surface area contributed by atoms with Gasteiger partial charge >= 0.3 is 5.97 Å². The average Bonchev–Trinajstić information content (AvgIpc) is 3.25. The first-order valence-corrected chi connectivity index (χ1v) is 12.3. The first kappa shape index (κ1) is 24.5. The molecule has 2 aromatic rings. The van der Waals surface area contributed by atoms with Crippen molar-refractivity contribution in [1.29, 1.82) is 0 Å². The summed E-state index contributed by atoms with van der Waals surface area (Å²) in [6, 6.07) is 3.77. The number of aromatic nitrogens is 5. The van der Waals surface area contributed by atoms with Gasteiger partial charge in [-0.05, 0) is 35.1 Å². The van der Waals surface area contributed by atoms with E-state index in [2.05, 4.69) is 31.0 Å². The highest BCUT2D eigenvalue weighted by Crippen LogP contribution is 2.41. The van der Waals surface area contributed by atoms with Crippen LogP contribution in [-0.2, 0) is 26.3 Å². The van der Waals surface area contributed by atoms with Crippen molar-refractivity contribution in [1.82, 2.24) is 35.4 Å². The van der Waals surface area contributed by atoms with Gasteiger partial charge in [0.1, 0.15) is 35.2 Å². The molecule has 14 nitrogen and oxygen atoms in total. The molecule has 2 unspecified atom stereocenters. The smallest absolute Gasteiger partial charge is 0.352 e. The van der Waals surface area contributed by atoms with E-state index in [9.17, 15) is 19.5 Å². The van der Waals surface area contributed by atoms with Crippen molar-refractivity contribution in [2.45, 2.75) is 23.5 Å². The second-order valence-corrected chi connectivity index (χ2v) is 9.34. The number of thioether (sulfide) groups is 2. The molecule has 4 N–H and O–H groups in total. The molecule has 2 aromatic heterocycles. The lowest BCUT2D eigenvalue weighted by Gasteiger charge is -2.49. The number of hydrogen-bond donors (Lipinski definition) is 3. The first-order chi connectivity index (χ1) is 16.8. The highest BCUT2D eigenvalue weighted by atomic mass is 32.2. The summed E-state index contributed by atoms with van der Waals surface area (Å²) >= 11 is 2.63. The number of nitrogens with zero attached hydrogens (tertiary/aromatic N) is 7. The number of carboxylic acid groups (broad SMARTS) is 1. The maximum absolute atomic E-state index is 13.0. The van der Waals surface area contributed by atoms with E-state index in [-0.39, 0.29) is 29.5 Å². The van der Waals surface area contributed by atoms with Gasteiger partial charge in [-0.15, -0.1) is 16.9 Å². The average molecular weight is 520 g/mol. The number of aryl methyl sites for hydroxylation is 1. The number of tetrazole rings is 1. The van der Waals surface area contributed by atoms with Crippen LogP contribution in [-0.4, -0.2) is 88.2 Å². The summed E-state index contributed by atoms with van der Waals surface area (Å²) in [5, 5.41) is 27.4. The van der Waals surface area contributed by atoms with Crippen molar-refractivity contribution in [2.24, 2.45) is 12.2 Å². The molecule has 0 aliphatic carbocycles. The van der Waals surface area contributed by atoms with Crippen LogP contribution in [0.15, 0.2) is 39.8 Å². The molecule has 1 saturated heterocycles. The van der Waals surface area contributed by atoms with Crippen LogP contribution in [0.1, 0.15) is 12.6 Å². The van der Waals surface area contributed by atoms with Crippen molar-refractivity contribution in [3.8, 4) is 0 Å². The van der Waals surface area contributed by atoms with Crippen LogP contribution in [0.3, 0.4) is 0 Å². The van der Waals surface area contributed by atoms with Gasteiger partial charge in [-0.3, -0.25) is 14.5 Å². The second kappa shape index (κ2) is 10.3. The number of pyridine rings is 1. The van der Waals surface area contributed by atoms with Gasteiger partial charge in [0.15, 0.2) is 5.71 Å². The molecule has 16 heteroatoms. The van der Waals surface area contributed by atoms with Gasteiger partial charge in [0.05, 0.1) is 0 Å². The zero-order chi connectivity index (χ0) is 25.1. The quantitative estimate of drug-likeness (QED) is 0.166. The number of carboxylic acids is 1. The monoisotopic (exact) mass is 519 g/mol. The molecule has 4 rings (SSSR count). The Bertz CT molecular complexity index is 1230. The fraction of sp³-hybridized carbons (Fsp3) is 0.368. The zero-order valence-corrected chi connectivity index (χ0v) is 20.2. The van der Waals surface area contributed by atoms with Gasteiger partial charge in [-0.25, -0.2) is 14.5 Å². The van der Waals surface area contributed by atoms with Gasteiger partial charge in [0.25, 0.3) is 11.8 Å². The Labute approximate surface area is 207 Å². The molecule has 0 spiro atoms. The molecule has 35 heavy (non-hydrogen) atoms. The summed E-state index contributed by atoms with van der Waals surface area (Å²) in [5.41, 5.74) is 6.22. The molecule has 2 aliphatic rings. The summed E-state index contributed by atoms with van der Waals surface area (Å²) in [4.78, 5) is 48.3. The number of carbonyl (C=O) groups is 3. The van der Waals surface area contributed by atoms with Crippen molar-refractivity contribution in [2.75, 3.05) is 23.8 Å². The topological polar surface area (TPSA) is 191 Å². The van der Waals surface area contributed by atoms with Crippen LogP contribution in [0, 0.1) is 0 Å². The van der Waals surface area contributed by atoms with Crippen LogP contribution >= 0.6 is 23.5 Å². The normalized spacial score (nSPS) is 19.8. The summed E-state index contributed by atoms with van der Waals surface area (Å²) < 4.78 is 1.47. The molecular formula is C19H21N9O5S2. The number of aliphatic carboxylic acids is 1. The third-order valence-corrected chi connectivity index (χ3v) is 7.44. The molecule has 1 fully saturated rings. The van der Waals surface area contributed by atoms with Gasteiger partial charge < -0.3 is 21.0 Å². The standard InChI is InChI=1S/C19H21N9O5S2/c1-3-33-24-12(10-5-4-6-11(20)21-10)15(29)22-13-16(30)28-14(18(31)32)9(7-34-17(13)28)8-35-19-23-25-26-27(19)2/h4-6,13,17H,3,7-8H2,1-2H3,(H2,20,21)(H,22,29)(H,31,32)/b24-12+. The summed E-state index contributed by atoms with van der Waals surface area (Å²) in [6.45, 7) is 1.92. The molecule has 0 radical (unpaired) electrons. The number of rotatable bonds is 9. The Balaban J connectivity index is 1.51. The number of β-lactam (4-membered cyclic amide) rings is 1. The van der Waals surface area contributed by atoms with E-state index < -0.39 is 29.2 Å². The van der Waals surface area contributed by atoms with E-state index in [1.165, 1.54) is 33.1 Å². The van der Waals surface area contributed by atoms with Crippen LogP contribution in [0.2, 0.25) is 0 Å². The number of hydrogen-bond acceptors (Lipinski definition) is 12. The van der Waals surface area contributed by atoms with E-state index in [1.807, 2.05) is 0 Å². The van der Waals surface area contributed by atoms with Crippen molar-refractivity contribution in [3.05, 3.63) is 35.2 Å². The van der Waals surface area contributed by atoms with Crippen LogP contribution in [0.4, 0.5) is 5.82 Å². The lowest BCUT2D eigenvalue weighted by Crippen LogP contribution is -2.71. The second-order valence-electron chi connectivity index (χ2n) is 7.30. The van der Waals surface area contributed by atoms with Crippen LogP contribution in [0.5, 0.6) is 0 Å². The molecule has 4 heterocycles. The van der Waals surface area contributed by atoms with Crippen molar-refractivity contribution < 1.29 is 24.3 Å². The zero-order valence-electron chi connectivity index (χ0n) is 18.6. The molecule has 0 saturated carbocycles. The fourth-order valence-corrected chi connectivity index (χ4v) is 5.75. The Morgan fingerprint density at radius 3 is 2.89 bits per heavy atom. The number of fused-ring (bicyclic) bond motifs is 1. The summed E-state index contributed by atoms with van der Waals surface area (Å²) in [5.74, 6) is -1.60.